The van der Waals surface area contributed by atoms with Crippen LogP contribution in [-0.2, 0) is 9.53 Å². The van der Waals surface area contributed by atoms with Gasteiger partial charge in [0.25, 0.3) is 0 Å². The van der Waals surface area contributed by atoms with Crippen molar-refractivity contribution in [3.63, 3.8) is 0 Å². The van der Waals surface area contributed by atoms with E-state index in [2.05, 4.69) is 0 Å². The highest BCUT2D eigenvalue weighted by atomic mass is 16.5. The maximum absolute atomic E-state index is 12.3. The summed E-state index contributed by atoms with van der Waals surface area (Å²) >= 11 is 0. The second-order valence-corrected chi connectivity index (χ2v) is 5.58. The summed E-state index contributed by atoms with van der Waals surface area (Å²) in [5.74, 6) is -0.349. The van der Waals surface area contributed by atoms with Gasteiger partial charge in [-0.05, 0) is 46.8 Å². The number of esters is 1. The van der Waals surface area contributed by atoms with E-state index in [0.29, 0.717) is 12.2 Å². The maximum Gasteiger partial charge on any atom is 0.311 e. The fourth-order valence-electron chi connectivity index (χ4n) is 2.04. The van der Waals surface area contributed by atoms with E-state index in [4.69, 9.17) is 4.74 Å². The molecule has 3 nitrogen and oxygen atoms in total. The molecular weight excluding hydrogens is 240 g/mol. The average Bonchev–Trinajstić information content (AvgIpc) is 2.27. The van der Waals surface area contributed by atoms with E-state index in [0.717, 1.165) is 11.1 Å². The standard InChI is InChI=1S/C16H22O3/c1-6-19-15(18)16(4,5)10-14(17)13-8-11(2)7-12(3)9-13/h7-9H,6,10H2,1-5H3. The van der Waals surface area contributed by atoms with Gasteiger partial charge >= 0.3 is 5.97 Å². The Morgan fingerprint density at radius 2 is 1.63 bits per heavy atom. The van der Waals surface area contributed by atoms with Crippen molar-refractivity contribution in [3.05, 3.63) is 34.9 Å². The van der Waals surface area contributed by atoms with Crippen molar-refractivity contribution in [1.29, 1.82) is 0 Å². The lowest BCUT2D eigenvalue weighted by Gasteiger charge is -2.21. The van der Waals surface area contributed by atoms with Crippen LogP contribution in [0.3, 0.4) is 0 Å². The first kappa shape index (κ1) is 15.4. The Kier molecular flexibility index (Phi) is 4.87. The molecule has 0 aliphatic rings. The van der Waals surface area contributed by atoms with Gasteiger partial charge in [0.05, 0.1) is 12.0 Å². The first-order valence-electron chi connectivity index (χ1n) is 6.55. The van der Waals surface area contributed by atoms with Crippen molar-refractivity contribution in [2.24, 2.45) is 5.41 Å². The largest absolute Gasteiger partial charge is 0.466 e. The zero-order valence-electron chi connectivity index (χ0n) is 12.4. The van der Waals surface area contributed by atoms with Crippen molar-refractivity contribution in [3.8, 4) is 0 Å². The van der Waals surface area contributed by atoms with Crippen LogP contribution in [0, 0.1) is 19.3 Å². The van der Waals surface area contributed by atoms with Crippen molar-refractivity contribution < 1.29 is 14.3 Å². The van der Waals surface area contributed by atoms with E-state index >= 15 is 0 Å². The molecular formula is C16H22O3. The van der Waals surface area contributed by atoms with Gasteiger partial charge in [0, 0.05) is 12.0 Å². The zero-order chi connectivity index (χ0) is 14.6. The number of rotatable bonds is 5. The van der Waals surface area contributed by atoms with Crippen LogP contribution in [0.15, 0.2) is 18.2 Å². The van der Waals surface area contributed by atoms with E-state index < -0.39 is 5.41 Å². The highest BCUT2D eigenvalue weighted by molar-refractivity contribution is 5.99. The number of carbonyl (C=O) groups is 2. The number of ether oxygens (including phenoxy) is 1. The summed E-state index contributed by atoms with van der Waals surface area (Å²) in [5.41, 5.74) is 1.98. The molecule has 0 atom stereocenters. The lowest BCUT2D eigenvalue weighted by atomic mass is 9.85. The summed E-state index contributed by atoms with van der Waals surface area (Å²) in [6.45, 7) is 9.50. The van der Waals surface area contributed by atoms with E-state index in [1.165, 1.54) is 0 Å². The smallest absolute Gasteiger partial charge is 0.311 e. The molecule has 0 fully saturated rings. The molecule has 0 aliphatic carbocycles. The third kappa shape index (κ3) is 4.19. The fraction of sp³-hybridized carbons (Fsp3) is 0.500. The zero-order valence-corrected chi connectivity index (χ0v) is 12.4. The molecule has 0 radical (unpaired) electrons. The molecule has 0 N–H and O–H groups in total. The third-order valence-corrected chi connectivity index (χ3v) is 2.97. The van der Waals surface area contributed by atoms with Gasteiger partial charge in [0.15, 0.2) is 5.78 Å². The van der Waals surface area contributed by atoms with Gasteiger partial charge in [-0.1, -0.05) is 17.2 Å². The predicted molar refractivity (Wildman–Crippen MR) is 75.3 cm³/mol. The number of aryl methyl sites for hydroxylation is 2. The van der Waals surface area contributed by atoms with E-state index in [9.17, 15) is 9.59 Å². The number of benzene rings is 1. The minimum absolute atomic E-state index is 0.0233. The Morgan fingerprint density at radius 1 is 1.11 bits per heavy atom. The third-order valence-electron chi connectivity index (χ3n) is 2.97. The lowest BCUT2D eigenvalue weighted by Crippen LogP contribution is -2.29. The van der Waals surface area contributed by atoms with Crippen LogP contribution in [0.2, 0.25) is 0 Å². The van der Waals surface area contributed by atoms with Crippen LogP contribution in [0.4, 0.5) is 0 Å². The van der Waals surface area contributed by atoms with Gasteiger partial charge in [0.2, 0.25) is 0 Å². The number of hydrogen-bond donors (Lipinski definition) is 0. The quantitative estimate of drug-likeness (QED) is 0.603. The van der Waals surface area contributed by atoms with Crippen LogP contribution >= 0.6 is 0 Å². The molecule has 104 valence electrons. The van der Waals surface area contributed by atoms with Gasteiger partial charge in [-0.25, -0.2) is 0 Å². The van der Waals surface area contributed by atoms with Crippen LogP contribution in [0.5, 0.6) is 0 Å². The van der Waals surface area contributed by atoms with E-state index in [1.807, 2.05) is 32.0 Å². The molecule has 0 heterocycles. The number of Topliss-reactive ketones (excluding diaryl/α,β-unsaturated/α-hetero) is 1. The summed E-state index contributed by atoms with van der Waals surface area (Å²) in [5, 5.41) is 0. The molecule has 0 unspecified atom stereocenters. The monoisotopic (exact) mass is 262 g/mol. The molecule has 0 saturated heterocycles. The Bertz CT molecular complexity index is 467. The maximum atomic E-state index is 12.3. The van der Waals surface area contributed by atoms with Crippen molar-refractivity contribution in [2.75, 3.05) is 6.61 Å². The molecule has 0 aromatic heterocycles. The minimum atomic E-state index is -0.787. The van der Waals surface area contributed by atoms with Crippen LogP contribution in [0.1, 0.15) is 48.7 Å². The normalized spacial score (nSPS) is 11.2. The Balaban J connectivity index is 2.87. The molecule has 19 heavy (non-hydrogen) atoms. The molecule has 0 saturated carbocycles. The highest BCUT2D eigenvalue weighted by Crippen LogP contribution is 2.25. The molecule has 0 spiro atoms. The Hall–Kier alpha value is -1.64. The molecule has 1 rings (SSSR count). The number of ketones is 1. The van der Waals surface area contributed by atoms with Crippen LogP contribution in [-0.4, -0.2) is 18.4 Å². The Morgan fingerprint density at radius 3 is 2.11 bits per heavy atom. The second kappa shape index (κ2) is 6.00. The molecule has 0 aliphatic heterocycles. The molecule has 0 bridgehead atoms. The van der Waals surface area contributed by atoms with Gasteiger partial charge in [-0.15, -0.1) is 0 Å². The molecule has 0 amide bonds. The van der Waals surface area contributed by atoms with Crippen LogP contribution < -0.4 is 0 Å². The highest BCUT2D eigenvalue weighted by Gasteiger charge is 2.32. The lowest BCUT2D eigenvalue weighted by molar-refractivity contribution is -0.153. The fourth-order valence-corrected chi connectivity index (χ4v) is 2.04. The van der Waals surface area contributed by atoms with Crippen molar-refractivity contribution in [2.45, 2.75) is 41.0 Å². The van der Waals surface area contributed by atoms with Crippen LogP contribution in [0.25, 0.3) is 0 Å². The van der Waals surface area contributed by atoms with Gasteiger partial charge in [0.1, 0.15) is 0 Å². The first-order chi connectivity index (χ1) is 8.76. The van der Waals surface area contributed by atoms with Crippen molar-refractivity contribution in [1.82, 2.24) is 0 Å². The van der Waals surface area contributed by atoms with E-state index in [1.54, 1.807) is 20.8 Å². The van der Waals surface area contributed by atoms with Gasteiger partial charge in [-0.2, -0.15) is 0 Å². The predicted octanol–water partition coefficient (Wildman–Crippen LogP) is 3.47. The summed E-state index contributed by atoms with van der Waals surface area (Å²) in [6.07, 6.45) is 0.161. The van der Waals surface area contributed by atoms with Gasteiger partial charge in [-0.3, -0.25) is 9.59 Å². The average molecular weight is 262 g/mol. The van der Waals surface area contributed by atoms with E-state index in [-0.39, 0.29) is 18.2 Å². The summed E-state index contributed by atoms with van der Waals surface area (Å²) in [7, 11) is 0. The second-order valence-electron chi connectivity index (χ2n) is 5.58. The molecule has 3 heteroatoms. The number of carbonyl (C=O) groups excluding carboxylic acids is 2. The molecule has 1 aromatic rings. The SMILES string of the molecule is CCOC(=O)C(C)(C)CC(=O)c1cc(C)cc(C)c1. The van der Waals surface area contributed by atoms with Crippen molar-refractivity contribution >= 4 is 11.8 Å². The first-order valence-corrected chi connectivity index (χ1v) is 6.55. The summed E-state index contributed by atoms with van der Waals surface area (Å²) in [4.78, 5) is 24.1. The topological polar surface area (TPSA) is 43.4 Å². The van der Waals surface area contributed by atoms with Gasteiger partial charge < -0.3 is 4.74 Å². The minimum Gasteiger partial charge on any atom is -0.466 e. The summed E-state index contributed by atoms with van der Waals surface area (Å²) < 4.78 is 5.00. The number of hydrogen-bond acceptors (Lipinski definition) is 3. The Labute approximate surface area is 115 Å². The summed E-state index contributed by atoms with van der Waals surface area (Å²) in [6, 6.07) is 5.74. The molecule has 1 aromatic carbocycles.